The van der Waals surface area contributed by atoms with E-state index in [-0.39, 0.29) is 10.6 Å². The van der Waals surface area contributed by atoms with E-state index in [0.29, 0.717) is 13.0 Å². The van der Waals surface area contributed by atoms with Gasteiger partial charge in [0.2, 0.25) is 10.0 Å². The van der Waals surface area contributed by atoms with Crippen LogP contribution >= 0.6 is 0 Å². The first-order chi connectivity index (χ1) is 11.0. The van der Waals surface area contributed by atoms with Gasteiger partial charge in [-0.1, -0.05) is 17.7 Å². The number of rotatable bonds is 5. The van der Waals surface area contributed by atoms with Crippen molar-refractivity contribution in [2.45, 2.75) is 18.2 Å². The van der Waals surface area contributed by atoms with Crippen LogP contribution in [0.4, 0.5) is 0 Å². The van der Waals surface area contributed by atoms with Gasteiger partial charge in [-0.15, -0.1) is 0 Å². The first kappa shape index (κ1) is 15.6. The molecule has 0 saturated carbocycles. The summed E-state index contributed by atoms with van der Waals surface area (Å²) in [6.45, 7) is 2.22. The van der Waals surface area contributed by atoms with Crippen molar-refractivity contribution in [3.8, 4) is 5.75 Å². The van der Waals surface area contributed by atoms with E-state index in [0.717, 1.165) is 22.0 Å². The van der Waals surface area contributed by atoms with Gasteiger partial charge in [-0.25, -0.2) is 13.1 Å². The number of aromatic nitrogens is 1. The maximum atomic E-state index is 12.2. The maximum Gasteiger partial charge on any atom is 0.240 e. The highest BCUT2D eigenvalue weighted by atomic mass is 32.2. The third-order valence-corrected chi connectivity index (χ3v) is 5.25. The Morgan fingerprint density at radius 2 is 1.87 bits per heavy atom. The molecular formula is C17H18N2O3S. The molecule has 1 aromatic heterocycles. The summed E-state index contributed by atoms with van der Waals surface area (Å²) in [5.74, 6) is 0.200. The standard InChI is InChI=1S/C17H18N2O3S/c1-12-2-5-15(6-3-12)23(21,22)19-9-8-13-11-18-17-10-14(20)4-7-16(13)17/h2-7,10-11,18-20H,8-9H2,1H3. The van der Waals surface area contributed by atoms with Crippen LogP contribution < -0.4 is 4.72 Å². The molecule has 2 aromatic carbocycles. The summed E-state index contributed by atoms with van der Waals surface area (Å²) < 4.78 is 27.1. The third-order valence-electron chi connectivity index (χ3n) is 3.77. The van der Waals surface area contributed by atoms with Crippen molar-refractivity contribution < 1.29 is 13.5 Å². The summed E-state index contributed by atoms with van der Waals surface area (Å²) in [4.78, 5) is 3.35. The predicted octanol–water partition coefficient (Wildman–Crippen LogP) is 2.70. The first-order valence-electron chi connectivity index (χ1n) is 7.31. The van der Waals surface area contributed by atoms with Crippen molar-refractivity contribution in [2.24, 2.45) is 0 Å². The number of sulfonamides is 1. The van der Waals surface area contributed by atoms with E-state index in [1.54, 1.807) is 36.4 Å². The molecule has 0 spiro atoms. The number of nitrogens with one attached hydrogen (secondary N) is 2. The van der Waals surface area contributed by atoms with Gasteiger partial charge >= 0.3 is 0 Å². The molecule has 23 heavy (non-hydrogen) atoms. The number of hydrogen-bond donors (Lipinski definition) is 3. The first-order valence-corrected chi connectivity index (χ1v) is 8.79. The molecule has 3 N–H and O–H groups in total. The predicted molar refractivity (Wildman–Crippen MR) is 90.0 cm³/mol. The highest BCUT2D eigenvalue weighted by Gasteiger charge is 2.13. The van der Waals surface area contributed by atoms with Crippen molar-refractivity contribution >= 4 is 20.9 Å². The van der Waals surface area contributed by atoms with Crippen LogP contribution in [0.2, 0.25) is 0 Å². The second-order valence-electron chi connectivity index (χ2n) is 5.50. The van der Waals surface area contributed by atoms with Crippen molar-refractivity contribution in [2.75, 3.05) is 6.54 Å². The van der Waals surface area contributed by atoms with Crippen molar-refractivity contribution in [1.82, 2.24) is 9.71 Å². The quantitative estimate of drug-likeness (QED) is 0.673. The van der Waals surface area contributed by atoms with Gasteiger partial charge in [0.1, 0.15) is 5.75 Å². The fourth-order valence-electron chi connectivity index (χ4n) is 2.50. The highest BCUT2D eigenvalue weighted by molar-refractivity contribution is 7.89. The number of H-pyrrole nitrogens is 1. The van der Waals surface area contributed by atoms with E-state index in [9.17, 15) is 13.5 Å². The molecule has 0 amide bonds. The highest BCUT2D eigenvalue weighted by Crippen LogP contribution is 2.22. The van der Waals surface area contributed by atoms with Crippen LogP contribution in [0.3, 0.4) is 0 Å². The number of phenolic OH excluding ortho intramolecular Hbond substituents is 1. The van der Waals surface area contributed by atoms with E-state index in [2.05, 4.69) is 9.71 Å². The molecule has 0 aliphatic heterocycles. The minimum absolute atomic E-state index is 0.200. The molecular weight excluding hydrogens is 312 g/mol. The lowest BCUT2D eigenvalue weighted by molar-refractivity contribution is 0.476. The molecule has 0 bridgehead atoms. The zero-order valence-electron chi connectivity index (χ0n) is 12.7. The second-order valence-corrected chi connectivity index (χ2v) is 7.27. The lowest BCUT2D eigenvalue weighted by Gasteiger charge is -2.07. The van der Waals surface area contributed by atoms with Crippen LogP contribution in [0.15, 0.2) is 53.6 Å². The Bertz CT molecular complexity index is 928. The van der Waals surface area contributed by atoms with Gasteiger partial charge < -0.3 is 10.1 Å². The summed E-state index contributed by atoms with van der Waals surface area (Å²) in [5.41, 5.74) is 2.86. The average Bonchev–Trinajstić information content (AvgIpc) is 2.90. The molecule has 3 rings (SSSR count). The van der Waals surface area contributed by atoms with Gasteiger partial charge in [-0.05, 0) is 43.2 Å². The number of benzene rings is 2. The number of hydrogen-bond acceptors (Lipinski definition) is 3. The van der Waals surface area contributed by atoms with Crippen LogP contribution in [0.25, 0.3) is 10.9 Å². The number of fused-ring (bicyclic) bond motifs is 1. The number of aromatic amines is 1. The van der Waals surface area contributed by atoms with Gasteiger partial charge in [0.25, 0.3) is 0 Å². The maximum absolute atomic E-state index is 12.2. The summed E-state index contributed by atoms with van der Waals surface area (Å²) in [6.07, 6.45) is 2.40. The topological polar surface area (TPSA) is 82.2 Å². The Labute approximate surface area is 135 Å². The fourth-order valence-corrected chi connectivity index (χ4v) is 3.53. The lowest BCUT2D eigenvalue weighted by Crippen LogP contribution is -2.25. The zero-order chi connectivity index (χ0) is 16.4. The van der Waals surface area contributed by atoms with E-state index >= 15 is 0 Å². The van der Waals surface area contributed by atoms with Gasteiger partial charge in [-0.2, -0.15) is 0 Å². The molecule has 0 radical (unpaired) electrons. The Kier molecular flexibility index (Phi) is 4.11. The van der Waals surface area contributed by atoms with Gasteiger partial charge in [0, 0.05) is 29.7 Å². The molecule has 1 heterocycles. The molecule has 5 nitrogen and oxygen atoms in total. The molecule has 0 unspecified atom stereocenters. The minimum Gasteiger partial charge on any atom is -0.508 e. The van der Waals surface area contributed by atoms with Crippen LogP contribution in [0, 0.1) is 6.92 Å². The molecule has 0 saturated heterocycles. The lowest BCUT2D eigenvalue weighted by atomic mass is 10.1. The summed E-state index contributed by atoms with van der Waals surface area (Å²) in [6, 6.07) is 11.9. The molecule has 0 aliphatic rings. The Hall–Kier alpha value is -2.31. The summed E-state index contributed by atoms with van der Waals surface area (Å²) >= 11 is 0. The van der Waals surface area contributed by atoms with Crippen LogP contribution in [0.5, 0.6) is 5.75 Å². The Balaban J connectivity index is 1.69. The normalized spacial score (nSPS) is 11.9. The van der Waals surface area contributed by atoms with E-state index < -0.39 is 10.0 Å². The largest absolute Gasteiger partial charge is 0.508 e. The van der Waals surface area contributed by atoms with Gasteiger partial charge in [0.05, 0.1) is 4.90 Å². The van der Waals surface area contributed by atoms with Crippen LogP contribution in [-0.2, 0) is 16.4 Å². The molecule has 0 fully saturated rings. The average molecular weight is 330 g/mol. The fraction of sp³-hybridized carbons (Fsp3) is 0.176. The number of phenols is 1. The molecule has 3 aromatic rings. The summed E-state index contributed by atoms with van der Waals surface area (Å²) in [5, 5.41) is 10.4. The molecule has 120 valence electrons. The molecule has 6 heteroatoms. The second kappa shape index (κ2) is 6.06. The minimum atomic E-state index is -3.49. The number of aryl methyl sites for hydroxylation is 1. The molecule has 0 atom stereocenters. The number of aromatic hydroxyl groups is 1. The van der Waals surface area contributed by atoms with Crippen LogP contribution in [-0.4, -0.2) is 25.1 Å². The Morgan fingerprint density at radius 1 is 1.13 bits per heavy atom. The van der Waals surface area contributed by atoms with E-state index in [1.165, 1.54) is 0 Å². The van der Waals surface area contributed by atoms with E-state index in [1.807, 2.05) is 19.2 Å². The Morgan fingerprint density at radius 3 is 2.61 bits per heavy atom. The van der Waals surface area contributed by atoms with Crippen LogP contribution in [0.1, 0.15) is 11.1 Å². The van der Waals surface area contributed by atoms with Crippen molar-refractivity contribution in [3.63, 3.8) is 0 Å². The van der Waals surface area contributed by atoms with Gasteiger partial charge in [-0.3, -0.25) is 0 Å². The van der Waals surface area contributed by atoms with E-state index in [4.69, 9.17) is 0 Å². The third kappa shape index (κ3) is 3.38. The van der Waals surface area contributed by atoms with Crippen molar-refractivity contribution in [1.29, 1.82) is 0 Å². The van der Waals surface area contributed by atoms with Gasteiger partial charge in [0.15, 0.2) is 0 Å². The van der Waals surface area contributed by atoms with Crippen molar-refractivity contribution in [3.05, 3.63) is 59.8 Å². The smallest absolute Gasteiger partial charge is 0.240 e. The molecule has 0 aliphatic carbocycles. The SMILES string of the molecule is Cc1ccc(S(=O)(=O)NCCc2c[nH]c3cc(O)ccc23)cc1. The summed E-state index contributed by atoms with van der Waals surface area (Å²) in [7, 11) is -3.49. The monoisotopic (exact) mass is 330 g/mol. The zero-order valence-corrected chi connectivity index (χ0v) is 13.5.